The first-order chi connectivity index (χ1) is 11.6. The third-order valence-corrected chi connectivity index (χ3v) is 5.25. The molecule has 0 fully saturated rings. The second-order valence-electron chi connectivity index (χ2n) is 6.41. The standard InChI is InChI=1S/C19H21NO4/c1-23-18-3-4-19(24-2)14-10-20-6-5-11-7-16(21)17(22)9-12(11)15(20)8-13(14)18/h3-4,7,9,15,21-22H,5-6,8,10H2,1-2H3/t15-/m0/s1. The van der Waals surface area contributed by atoms with E-state index in [1.165, 1.54) is 11.1 Å². The van der Waals surface area contributed by atoms with Crippen LogP contribution in [0.25, 0.3) is 0 Å². The zero-order valence-corrected chi connectivity index (χ0v) is 13.9. The van der Waals surface area contributed by atoms with Crippen LogP contribution in [-0.2, 0) is 19.4 Å². The Kier molecular flexibility index (Phi) is 3.53. The molecule has 1 atom stereocenters. The first kappa shape index (κ1) is 15.1. The summed E-state index contributed by atoms with van der Waals surface area (Å²) >= 11 is 0. The zero-order valence-electron chi connectivity index (χ0n) is 13.9. The van der Waals surface area contributed by atoms with Crippen molar-refractivity contribution < 1.29 is 19.7 Å². The van der Waals surface area contributed by atoms with Crippen LogP contribution in [0.4, 0.5) is 0 Å². The van der Waals surface area contributed by atoms with Gasteiger partial charge in [-0.1, -0.05) is 0 Å². The van der Waals surface area contributed by atoms with Gasteiger partial charge in [-0.05, 0) is 48.2 Å². The Morgan fingerprint density at radius 2 is 1.67 bits per heavy atom. The van der Waals surface area contributed by atoms with Crippen molar-refractivity contribution in [1.29, 1.82) is 0 Å². The minimum Gasteiger partial charge on any atom is -0.504 e. The summed E-state index contributed by atoms with van der Waals surface area (Å²) in [5, 5.41) is 19.7. The molecule has 0 unspecified atom stereocenters. The molecular formula is C19H21NO4. The average Bonchev–Trinajstić information content (AvgIpc) is 2.60. The van der Waals surface area contributed by atoms with Gasteiger partial charge in [0.25, 0.3) is 0 Å². The lowest BCUT2D eigenvalue weighted by atomic mass is 9.83. The van der Waals surface area contributed by atoms with Gasteiger partial charge >= 0.3 is 0 Å². The van der Waals surface area contributed by atoms with E-state index in [1.807, 2.05) is 12.1 Å². The van der Waals surface area contributed by atoms with Crippen LogP contribution < -0.4 is 9.47 Å². The summed E-state index contributed by atoms with van der Waals surface area (Å²) < 4.78 is 11.1. The smallest absolute Gasteiger partial charge is 0.157 e. The number of phenolic OH excluding ortho intramolecular Hbond substituents is 2. The summed E-state index contributed by atoms with van der Waals surface area (Å²) in [6, 6.07) is 7.48. The third kappa shape index (κ3) is 2.19. The number of hydrogen-bond donors (Lipinski definition) is 2. The normalized spacial score (nSPS) is 19.2. The first-order valence-electron chi connectivity index (χ1n) is 8.14. The molecule has 0 bridgehead atoms. The van der Waals surface area contributed by atoms with Crippen LogP contribution >= 0.6 is 0 Å². The highest BCUT2D eigenvalue weighted by Gasteiger charge is 2.35. The van der Waals surface area contributed by atoms with Crippen molar-refractivity contribution in [2.24, 2.45) is 0 Å². The fourth-order valence-corrected chi connectivity index (χ4v) is 4.03. The summed E-state index contributed by atoms with van der Waals surface area (Å²) in [7, 11) is 3.38. The Morgan fingerprint density at radius 3 is 2.38 bits per heavy atom. The maximum absolute atomic E-state index is 9.93. The molecule has 126 valence electrons. The maximum Gasteiger partial charge on any atom is 0.157 e. The number of phenols is 2. The van der Waals surface area contributed by atoms with Crippen LogP contribution in [0.15, 0.2) is 24.3 Å². The van der Waals surface area contributed by atoms with E-state index >= 15 is 0 Å². The largest absolute Gasteiger partial charge is 0.504 e. The molecule has 0 radical (unpaired) electrons. The molecule has 24 heavy (non-hydrogen) atoms. The molecule has 0 aromatic heterocycles. The predicted octanol–water partition coefficient (Wildman–Crippen LogP) is 2.77. The van der Waals surface area contributed by atoms with Crippen molar-refractivity contribution in [3.05, 3.63) is 46.5 Å². The van der Waals surface area contributed by atoms with Gasteiger partial charge in [0.1, 0.15) is 11.5 Å². The molecule has 0 amide bonds. The Balaban J connectivity index is 1.82. The average molecular weight is 327 g/mol. The van der Waals surface area contributed by atoms with Crippen molar-refractivity contribution in [2.75, 3.05) is 20.8 Å². The van der Waals surface area contributed by atoms with Crippen LogP contribution in [0.5, 0.6) is 23.0 Å². The molecule has 5 heteroatoms. The van der Waals surface area contributed by atoms with Gasteiger partial charge in [0, 0.05) is 30.3 Å². The van der Waals surface area contributed by atoms with Gasteiger partial charge in [0.15, 0.2) is 11.5 Å². The number of rotatable bonds is 2. The molecule has 0 saturated carbocycles. The molecule has 5 nitrogen and oxygen atoms in total. The number of ether oxygens (including phenoxy) is 2. The molecule has 0 saturated heterocycles. The lowest BCUT2D eigenvalue weighted by molar-refractivity contribution is 0.156. The topological polar surface area (TPSA) is 62.2 Å². The number of methoxy groups -OCH3 is 2. The van der Waals surface area contributed by atoms with E-state index in [-0.39, 0.29) is 17.5 Å². The molecule has 0 aliphatic carbocycles. The number of benzene rings is 2. The molecule has 4 rings (SSSR count). The molecular weight excluding hydrogens is 306 g/mol. The van der Waals surface area contributed by atoms with Gasteiger partial charge in [-0.25, -0.2) is 0 Å². The zero-order chi connectivity index (χ0) is 16.8. The summed E-state index contributed by atoms with van der Waals surface area (Å²) in [6.45, 7) is 1.71. The number of hydrogen-bond acceptors (Lipinski definition) is 5. The Hall–Kier alpha value is -2.40. The number of nitrogens with zero attached hydrogens (tertiary/aromatic N) is 1. The second-order valence-corrected chi connectivity index (χ2v) is 6.41. The van der Waals surface area contributed by atoms with E-state index in [0.29, 0.717) is 0 Å². The van der Waals surface area contributed by atoms with Crippen molar-refractivity contribution >= 4 is 0 Å². The molecule has 2 aliphatic rings. The van der Waals surface area contributed by atoms with Gasteiger partial charge in [-0.2, -0.15) is 0 Å². The lowest BCUT2D eigenvalue weighted by Gasteiger charge is -2.42. The fraction of sp³-hybridized carbons (Fsp3) is 0.368. The van der Waals surface area contributed by atoms with Crippen LogP contribution in [0.2, 0.25) is 0 Å². The molecule has 2 heterocycles. The lowest BCUT2D eigenvalue weighted by Crippen LogP contribution is -2.39. The maximum atomic E-state index is 9.93. The van der Waals surface area contributed by atoms with E-state index < -0.39 is 0 Å². The van der Waals surface area contributed by atoms with Crippen molar-refractivity contribution in [3.63, 3.8) is 0 Å². The predicted molar refractivity (Wildman–Crippen MR) is 89.9 cm³/mol. The number of aromatic hydroxyl groups is 2. The first-order valence-corrected chi connectivity index (χ1v) is 8.14. The van der Waals surface area contributed by atoms with Gasteiger partial charge in [-0.15, -0.1) is 0 Å². The summed E-state index contributed by atoms with van der Waals surface area (Å²) in [5.74, 6) is 1.67. The highest BCUT2D eigenvalue weighted by molar-refractivity contribution is 5.53. The SMILES string of the molecule is COc1ccc(OC)c2c1C[C@H]1c3cc(O)c(O)cc3CCN1C2. The Morgan fingerprint density at radius 1 is 1.00 bits per heavy atom. The highest BCUT2D eigenvalue weighted by Crippen LogP contribution is 2.45. The van der Waals surface area contributed by atoms with Crippen LogP contribution in [0.3, 0.4) is 0 Å². The van der Waals surface area contributed by atoms with Gasteiger partial charge < -0.3 is 19.7 Å². The van der Waals surface area contributed by atoms with E-state index in [1.54, 1.807) is 26.4 Å². The molecule has 0 spiro atoms. The van der Waals surface area contributed by atoms with Crippen LogP contribution in [0.1, 0.15) is 28.3 Å². The number of fused-ring (bicyclic) bond motifs is 4. The fourth-order valence-electron chi connectivity index (χ4n) is 4.03. The van der Waals surface area contributed by atoms with Crippen LogP contribution in [-0.4, -0.2) is 35.9 Å². The van der Waals surface area contributed by atoms with Gasteiger partial charge in [0.2, 0.25) is 0 Å². The third-order valence-electron chi connectivity index (χ3n) is 5.25. The Bertz CT molecular complexity index is 802. The monoisotopic (exact) mass is 327 g/mol. The second kappa shape index (κ2) is 5.60. The summed E-state index contributed by atoms with van der Waals surface area (Å²) in [4.78, 5) is 2.41. The minimum absolute atomic E-state index is 0.0438. The summed E-state index contributed by atoms with van der Waals surface area (Å²) in [6.07, 6.45) is 1.66. The van der Waals surface area contributed by atoms with Crippen molar-refractivity contribution in [2.45, 2.75) is 25.4 Å². The van der Waals surface area contributed by atoms with E-state index in [2.05, 4.69) is 4.90 Å². The van der Waals surface area contributed by atoms with Gasteiger partial charge in [-0.3, -0.25) is 4.90 Å². The molecule has 2 aromatic carbocycles. The summed E-state index contributed by atoms with van der Waals surface area (Å²) in [5.41, 5.74) is 4.54. The molecule has 2 aliphatic heterocycles. The quantitative estimate of drug-likeness (QED) is 0.831. The van der Waals surface area contributed by atoms with E-state index in [0.717, 1.165) is 48.6 Å². The minimum atomic E-state index is -0.0565. The van der Waals surface area contributed by atoms with Crippen LogP contribution in [0, 0.1) is 0 Å². The van der Waals surface area contributed by atoms with Gasteiger partial charge in [0.05, 0.1) is 14.2 Å². The van der Waals surface area contributed by atoms with E-state index in [9.17, 15) is 10.2 Å². The molecule has 2 N–H and O–H groups in total. The molecule has 2 aromatic rings. The Labute approximate surface area is 141 Å². The highest BCUT2D eigenvalue weighted by atomic mass is 16.5. The van der Waals surface area contributed by atoms with E-state index in [4.69, 9.17) is 9.47 Å². The van der Waals surface area contributed by atoms with Crippen molar-refractivity contribution in [1.82, 2.24) is 4.90 Å². The van der Waals surface area contributed by atoms with Crippen molar-refractivity contribution in [3.8, 4) is 23.0 Å².